The average Bonchev–Trinajstić information content (AvgIpc) is 2.85. The minimum absolute atomic E-state index is 0. The van der Waals surface area contributed by atoms with Crippen LogP contribution in [0.3, 0.4) is 0 Å². The maximum Gasteiger partial charge on any atom is 4.00 e. The van der Waals surface area contributed by atoms with Crippen LogP contribution in [-0.4, -0.2) is 17.3 Å². The molecule has 0 aliphatic rings. The van der Waals surface area contributed by atoms with Gasteiger partial charge in [0.2, 0.25) is 0 Å². The van der Waals surface area contributed by atoms with E-state index in [4.69, 9.17) is 0 Å². The molecular weight excluding hydrogens is 619 g/mol. The van der Waals surface area contributed by atoms with E-state index >= 15 is 0 Å². The van der Waals surface area contributed by atoms with Crippen molar-refractivity contribution in [3.8, 4) is 0 Å². The van der Waals surface area contributed by atoms with E-state index in [-0.39, 0.29) is 90.0 Å². The summed E-state index contributed by atoms with van der Waals surface area (Å²) in [4.78, 5) is 33.4. The van der Waals surface area contributed by atoms with Gasteiger partial charge in [-0.05, 0) is 37.5 Å². The molecule has 3 rings (SSSR count). The largest absolute Gasteiger partial charge is 4.00 e. The third-order valence-electron chi connectivity index (χ3n) is 5.30. The SMILES string of the molecule is CC(=O)C(=C(C)[O-])c1ccccc1.CC(=O)C(=C(C)[O-])c1ccccc1.CC(=O)C(=C(C)[O-])c1ccccc1.[Cl-].[Zr+4]. The van der Waals surface area contributed by atoms with E-state index in [1.165, 1.54) is 41.5 Å². The van der Waals surface area contributed by atoms with Crippen molar-refractivity contribution >= 4 is 34.1 Å². The Morgan fingerprint density at radius 3 is 0.707 bits per heavy atom. The Hall–Kier alpha value is -3.54. The maximum absolute atomic E-state index is 11.1. The zero-order valence-corrected chi connectivity index (χ0v) is 27.2. The van der Waals surface area contributed by atoms with Crippen molar-refractivity contribution in [1.29, 1.82) is 0 Å². The minimum Gasteiger partial charge on any atom is -1.00 e. The number of hydrogen-bond donors (Lipinski definition) is 0. The van der Waals surface area contributed by atoms with Crippen LogP contribution < -0.4 is 27.7 Å². The second-order valence-corrected chi connectivity index (χ2v) is 8.56. The summed E-state index contributed by atoms with van der Waals surface area (Å²) < 4.78 is 0. The fourth-order valence-electron chi connectivity index (χ4n) is 3.78. The molecule has 0 heterocycles. The van der Waals surface area contributed by atoms with Crippen LogP contribution in [-0.2, 0) is 40.6 Å². The molecule has 8 heteroatoms. The number of rotatable bonds is 6. The van der Waals surface area contributed by atoms with Gasteiger partial charge in [-0.3, -0.25) is 14.4 Å². The normalized spacial score (nSPS) is 11.6. The Kier molecular flexibility index (Phi) is 19.7. The number of Topliss-reactive ketones (excluding diaryl/α,β-unsaturated/α-hetero) is 3. The van der Waals surface area contributed by atoms with Crippen LogP contribution in [0.15, 0.2) is 108 Å². The van der Waals surface area contributed by atoms with Crippen molar-refractivity contribution in [2.45, 2.75) is 41.5 Å². The van der Waals surface area contributed by atoms with Gasteiger partial charge in [0.15, 0.2) is 17.3 Å². The summed E-state index contributed by atoms with van der Waals surface area (Å²) in [5.41, 5.74) is 2.93. The van der Waals surface area contributed by atoms with Gasteiger partial charge in [0.05, 0.1) is 0 Å². The van der Waals surface area contributed by atoms with Crippen molar-refractivity contribution in [3.05, 3.63) is 125 Å². The van der Waals surface area contributed by atoms with E-state index in [0.717, 1.165) is 0 Å². The first-order valence-corrected chi connectivity index (χ1v) is 12.2. The van der Waals surface area contributed by atoms with Gasteiger partial charge in [-0.25, -0.2) is 0 Å². The van der Waals surface area contributed by atoms with Crippen molar-refractivity contribution in [2.75, 3.05) is 0 Å². The van der Waals surface area contributed by atoms with Gasteiger partial charge in [-0.15, -0.1) is 17.3 Å². The summed E-state index contributed by atoms with van der Waals surface area (Å²) in [6, 6.07) is 27.0. The third kappa shape index (κ3) is 13.6. The first-order chi connectivity index (χ1) is 18.4. The van der Waals surface area contributed by atoms with Gasteiger partial charge in [-0.1, -0.05) is 112 Å². The molecule has 0 atom stereocenters. The monoisotopic (exact) mass is 650 g/mol. The molecule has 3 aromatic carbocycles. The molecule has 41 heavy (non-hydrogen) atoms. The van der Waals surface area contributed by atoms with E-state index in [2.05, 4.69) is 0 Å². The van der Waals surface area contributed by atoms with Gasteiger partial charge < -0.3 is 27.7 Å². The van der Waals surface area contributed by atoms with E-state index in [0.29, 0.717) is 16.7 Å². The summed E-state index contributed by atoms with van der Waals surface area (Å²) >= 11 is 0. The van der Waals surface area contributed by atoms with Gasteiger partial charge in [0.25, 0.3) is 0 Å². The second-order valence-electron chi connectivity index (χ2n) is 8.56. The summed E-state index contributed by atoms with van der Waals surface area (Å²) in [7, 11) is 0. The van der Waals surface area contributed by atoms with E-state index in [1.54, 1.807) is 72.8 Å². The molecule has 212 valence electrons. The number of hydrogen-bond acceptors (Lipinski definition) is 6. The van der Waals surface area contributed by atoms with Crippen molar-refractivity contribution in [2.24, 2.45) is 0 Å². The fraction of sp³-hybridized carbons (Fsp3) is 0.182. The predicted octanol–water partition coefficient (Wildman–Crippen LogP) is 1.10. The standard InChI is InChI=1S/3C11H12O2.ClH.Zr/c3*1-8(12)11(9(2)13)10-6-4-3-5-7-10;;/h3*3-7,12H,1-2H3;1H;/q;;;;+4/p-4. The number of halogens is 1. The summed E-state index contributed by atoms with van der Waals surface area (Å²) in [5.74, 6) is -1.09. The number of allylic oxidation sites excluding steroid dienone is 6. The molecule has 0 N–H and O–H groups in total. The van der Waals surface area contributed by atoms with E-state index < -0.39 is 0 Å². The Labute approximate surface area is 267 Å². The molecule has 0 saturated carbocycles. The van der Waals surface area contributed by atoms with Gasteiger partial charge >= 0.3 is 26.2 Å². The molecule has 0 aliphatic heterocycles. The van der Waals surface area contributed by atoms with Crippen LogP contribution >= 0.6 is 0 Å². The van der Waals surface area contributed by atoms with Crippen molar-refractivity contribution < 1.29 is 68.3 Å². The molecule has 0 radical (unpaired) electrons. The van der Waals surface area contributed by atoms with Crippen LogP contribution in [0.4, 0.5) is 0 Å². The molecule has 0 unspecified atom stereocenters. The summed E-state index contributed by atoms with van der Waals surface area (Å²) in [6.45, 7) is 8.44. The molecule has 0 aliphatic carbocycles. The fourth-order valence-corrected chi connectivity index (χ4v) is 3.78. The first-order valence-electron chi connectivity index (χ1n) is 12.2. The molecule has 0 fully saturated rings. The molecule has 0 spiro atoms. The number of ketones is 3. The van der Waals surface area contributed by atoms with Crippen LogP contribution in [0.5, 0.6) is 0 Å². The molecule has 0 amide bonds. The zero-order valence-electron chi connectivity index (χ0n) is 24.0. The van der Waals surface area contributed by atoms with Crippen molar-refractivity contribution in [1.82, 2.24) is 0 Å². The average molecular weight is 652 g/mol. The third-order valence-corrected chi connectivity index (χ3v) is 5.30. The van der Waals surface area contributed by atoms with Gasteiger partial charge in [-0.2, -0.15) is 0 Å². The van der Waals surface area contributed by atoms with Crippen molar-refractivity contribution in [3.63, 3.8) is 0 Å². The maximum atomic E-state index is 11.1. The molecule has 0 saturated heterocycles. The first kappa shape index (κ1) is 39.6. The second kappa shape index (κ2) is 20.4. The minimum atomic E-state index is -0.182. The van der Waals surface area contributed by atoms with Crippen LogP contribution in [0.25, 0.3) is 16.7 Å². The van der Waals surface area contributed by atoms with Gasteiger partial charge in [0, 0.05) is 16.7 Å². The van der Waals surface area contributed by atoms with Crippen LogP contribution in [0, 0.1) is 0 Å². The Bertz CT molecular complexity index is 1180. The van der Waals surface area contributed by atoms with E-state index in [9.17, 15) is 29.7 Å². The molecular formula is C33H33ClO6Zr. The molecule has 3 aromatic rings. The number of benzene rings is 3. The number of carbonyl (C=O) groups is 3. The smallest absolute Gasteiger partial charge is 1.00 e. The Morgan fingerprint density at radius 1 is 0.415 bits per heavy atom. The van der Waals surface area contributed by atoms with E-state index in [1.807, 2.05) is 18.2 Å². The summed E-state index contributed by atoms with van der Waals surface area (Å²) in [5, 5.41) is 33.4. The predicted molar refractivity (Wildman–Crippen MR) is 149 cm³/mol. The number of carbonyl (C=O) groups excluding carboxylic acids is 3. The molecule has 0 aromatic heterocycles. The summed E-state index contributed by atoms with van der Waals surface area (Å²) in [6.07, 6.45) is 0. The Balaban J connectivity index is 0. The van der Waals surface area contributed by atoms with Gasteiger partial charge in [0.1, 0.15) is 0 Å². The van der Waals surface area contributed by atoms with Crippen LogP contribution in [0.2, 0.25) is 0 Å². The topological polar surface area (TPSA) is 120 Å². The molecule has 0 bridgehead atoms. The zero-order chi connectivity index (χ0) is 29.5. The van der Waals surface area contributed by atoms with Crippen LogP contribution in [0.1, 0.15) is 58.2 Å². The quantitative estimate of drug-likeness (QED) is 0.291. The molecule has 6 nitrogen and oxygen atoms in total. The Morgan fingerprint density at radius 2 is 0.585 bits per heavy atom.